The van der Waals surface area contributed by atoms with Crippen molar-refractivity contribution in [2.24, 2.45) is 0 Å². The second kappa shape index (κ2) is 7.58. The molecule has 2 aromatic carbocycles. The van der Waals surface area contributed by atoms with Crippen LogP contribution in [0, 0.1) is 0 Å². The molecule has 0 atom stereocenters. The summed E-state index contributed by atoms with van der Waals surface area (Å²) in [5.41, 5.74) is 2.33. The molecule has 4 aromatic rings. The molecule has 1 N–H and O–H groups in total. The highest BCUT2D eigenvalue weighted by Gasteiger charge is 2.13. The van der Waals surface area contributed by atoms with Crippen LogP contribution in [0.2, 0.25) is 0 Å². The van der Waals surface area contributed by atoms with Crippen molar-refractivity contribution in [2.75, 3.05) is 5.32 Å². The maximum atomic E-state index is 12.3. The number of rotatable bonds is 5. The minimum absolute atomic E-state index is 0.141. The Balaban J connectivity index is 1.51. The van der Waals surface area contributed by atoms with Crippen molar-refractivity contribution in [3.05, 3.63) is 64.4 Å². The summed E-state index contributed by atoms with van der Waals surface area (Å²) >= 11 is 4.87. The molecule has 0 bridgehead atoms. The maximum Gasteiger partial charge on any atom is 0.255 e. The Morgan fingerprint density at radius 3 is 2.56 bits per heavy atom. The smallest absolute Gasteiger partial charge is 0.255 e. The van der Waals surface area contributed by atoms with Gasteiger partial charge < -0.3 is 5.32 Å². The fraction of sp³-hybridized carbons (Fsp3) is 0.158. The quantitative estimate of drug-likeness (QED) is 0.481. The first-order chi connectivity index (χ1) is 13.1. The van der Waals surface area contributed by atoms with Crippen molar-refractivity contribution in [1.29, 1.82) is 0 Å². The standard InChI is InChI=1S/C19H16BrN5OS/c1-2-3-16-22-23-19-25(16)24-18(27-19)13-6-10-15(11-7-13)21-17(26)12-4-8-14(20)9-5-12/h4-11H,2-3H2,1H3,(H,21,26). The molecule has 0 unspecified atom stereocenters. The van der Waals surface area contributed by atoms with Gasteiger partial charge in [0.15, 0.2) is 5.82 Å². The predicted octanol–water partition coefficient (Wildman–Crippen LogP) is 4.82. The summed E-state index contributed by atoms with van der Waals surface area (Å²) in [6, 6.07) is 14.9. The number of carbonyl (C=O) groups excluding carboxylic acids is 1. The molecule has 1 amide bonds. The van der Waals surface area contributed by atoms with Gasteiger partial charge in [0.2, 0.25) is 4.96 Å². The number of hydrogen-bond donors (Lipinski definition) is 1. The highest BCUT2D eigenvalue weighted by Crippen LogP contribution is 2.27. The van der Waals surface area contributed by atoms with Crippen LogP contribution in [-0.4, -0.2) is 25.7 Å². The molecule has 0 aliphatic heterocycles. The van der Waals surface area contributed by atoms with E-state index in [1.165, 1.54) is 11.3 Å². The van der Waals surface area contributed by atoms with E-state index < -0.39 is 0 Å². The van der Waals surface area contributed by atoms with Crippen LogP contribution in [0.4, 0.5) is 5.69 Å². The Hall–Kier alpha value is -2.58. The molecule has 0 aliphatic carbocycles. The van der Waals surface area contributed by atoms with Gasteiger partial charge in [0.1, 0.15) is 5.01 Å². The van der Waals surface area contributed by atoms with Crippen molar-refractivity contribution in [3.63, 3.8) is 0 Å². The third kappa shape index (κ3) is 3.77. The normalized spacial score (nSPS) is 11.0. The lowest BCUT2D eigenvalue weighted by Crippen LogP contribution is -2.11. The Bertz CT molecular complexity index is 1090. The van der Waals surface area contributed by atoms with Gasteiger partial charge in [0, 0.05) is 27.7 Å². The van der Waals surface area contributed by atoms with Crippen LogP contribution in [0.1, 0.15) is 29.5 Å². The Kier molecular flexibility index (Phi) is 5.00. The summed E-state index contributed by atoms with van der Waals surface area (Å²) in [5, 5.41) is 16.8. The molecular weight excluding hydrogens is 426 g/mol. The fourth-order valence-electron chi connectivity index (χ4n) is 2.65. The number of benzene rings is 2. The van der Waals surface area contributed by atoms with E-state index in [9.17, 15) is 4.79 Å². The number of nitrogens with zero attached hydrogens (tertiary/aromatic N) is 4. The van der Waals surface area contributed by atoms with Gasteiger partial charge in [0.05, 0.1) is 0 Å². The zero-order chi connectivity index (χ0) is 18.8. The number of nitrogens with one attached hydrogen (secondary N) is 1. The minimum atomic E-state index is -0.141. The summed E-state index contributed by atoms with van der Waals surface area (Å²) in [6.07, 6.45) is 1.85. The van der Waals surface area contributed by atoms with Gasteiger partial charge in [-0.15, -0.1) is 10.2 Å². The molecule has 0 spiro atoms. The van der Waals surface area contributed by atoms with Gasteiger partial charge in [-0.2, -0.15) is 9.61 Å². The van der Waals surface area contributed by atoms with E-state index in [0.29, 0.717) is 5.56 Å². The first-order valence-electron chi connectivity index (χ1n) is 8.52. The van der Waals surface area contributed by atoms with E-state index in [-0.39, 0.29) is 5.91 Å². The minimum Gasteiger partial charge on any atom is -0.322 e. The van der Waals surface area contributed by atoms with Crippen LogP contribution in [0.25, 0.3) is 15.5 Å². The van der Waals surface area contributed by atoms with E-state index in [4.69, 9.17) is 0 Å². The Morgan fingerprint density at radius 1 is 1.11 bits per heavy atom. The third-order valence-corrected chi connectivity index (χ3v) is 5.50. The first-order valence-corrected chi connectivity index (χ1v) is 10.1. The van der Waals surface area contributed by atoms with Gasteiger partial charge in [-0.05, 0) is 55.0 Å². The summed E-state index contributed by atoms with van der Waals surface area (Å²) in [7, 11) is 0. The topological polar surface area (TPSA) is 72.2 Å². The first kappa shape index (κ1) is 17.8. The average Bonchev–Trinajstić information content (AvgIpc) is 3.25. The second-order valence-electron chi connectivity index (χ2n) is 6.01. The molecular formula is C19H16BrN5OS. The number of anilines is 1. The second-order valence-corrected chi connectivity index (χ2v) is 7.88. The molecule has 0 aliphatic rings. The molecule has 6 nitrogen and oxygen atoms in total. The molecule has 136 valence electrons. The number of aromatic nitrogens is 4. The molecule has 0 saturated carbocycles. The molecule has 0 fully saturated rings. The highest BCUT2D eigenvalue weighted by molar-refractivity contribution is 9.10. The lowest BCUT2D eigenvalue weighted by Gasteiger charge is -2.06. The number of fused-ring (bicyclic) bond motifs is 1. The van der Waals surface area contributed by atoms with Gasteiger partial charge in [-0.3, -0.25) is 4.79 Å². The molecule has 4 rings (SSSR count). The number of amides is 1. The van der Waals surface area contributed by atoms with Crippen LogP contribution >= 0.6 is 27.3 Å². The Morgan fingerprint density at radius 2 is 1.85 bits per heavy atom. The Labute approximate surface area is 168 Å². The number of hydrogen-bond acceptors (Lipinski definition) is 5. The number of halogens is 1. The zero-order valence-corrected chi connectivity index (χ0v) is 16.9. The van der Waals surface area contributed by atoms with Crippen molar-refractivity contribution < 1.29 is 4.79 Å². The van der Waals surface area contributed by atoms with Crippen molar-refractivity contribution >= 4 is 43.8 Å². The predicted molar refractivity (Wildman–Crippen MR) is 110 cm³/mol. The third-order valence-electron chi connectivity index (χ3n) is 4.03. The summed E-state index contributed by atoms with van der Waals surface area (Å²) in [4.78, 5) is 13.1. The molecule has 0 radical (unpaired) electrons. The van der Waals surface area contributed by atoms with Gasteiger partial charge in [-0.25, -0.2) is 0 Å². The number of aryl methyl sites for hydroxylation is 1. The van der Waals surface area contributed by atoms with Crippen LogP contribution in [-0.2, 0) is 6.42 Å². The van der Waals surface area contributed by atoms with Crippen LogP contribution in [0.5, 0.6) is 0 Å². The zero-order valence-electron chi connectivity index (χ0n) is 14.5. The van der Waals surface area contributed by atoms with Crippen LogP contribution in [0.15, 0.2) is 53.0 Å². The average molecular weight is 442 g/mol. The van der Waals surface area contributed by atoms with E-state index >= 15 is 0 Å². The largest absolute Gasteiger partial charge is 0.322 e. The maximum absolute atomic E-state index is 12.3. The SMILES string of the molecule is CCCc1nnc2sc(-c3ccc(NC(=O)c4ccc(Br)cc4)cc3)nn12. The highest BCUT2D eigenvalue weighted by atomic mass is 79.9. The molecule has 2 heterocycles. The fourth-order valence-corrected chi connectivity index (χ4v) is 3.78. The number of carbonyl (C=O) groups is 1. The molecule has 8 heteroatoms. The van der Waals surface area contributed by atoms with E-state index in [1.807, 2.05) is 40.9 Å². The van der Waals surface area contributed by atoms with Crippen molar-refractivity contribution in [2.45, 2.75) is 19.8 Å². The lowest BCUT2D eigenvalue weighted by atomic mass is 10.2. The van der Waals surface area contributed by atoms with Crippen LogP contribution in [0.3, 0.4) is 0 Å². The molecule has 2 aromatic heterocycles. The van der Waals surface area contributed by atoms with E-state index in [1.54, 1.807) is 12.1 Å². The molecule has 0 saturated heterocycles. The van der Waals surface area contributed by atoms with Gasteiger partial charge in [0.25, 0.3) is 5.91 Å². The van der Waals surface area contributed by atoms with Gasteiger partial charge >= 0.3 is 0 Å². The van der Waals surface area contributed by atoms with Gasteiger partial charge in [-0.1, -0.05) is 34.2 Å². The van der Waals surface area contributed by atoms with E-state index in [2.05, 4.69) is 43.5 Å². The van der Waals surface area contributed by atoms with Crippen LogP contribution < -0.4 is 5.32 Å². The monoisotopic (exact) mass is 441 g/mol. The summed E-state index contributed by atoms with van der Waals surface area (Å²) in [6.45, 7) is 2.11. The lowest BCUT2D eigenvalue weighted by molar-refractivity contribution is 0.102. The summed E-state index contributed by atoms with van der Waals surface area (Å²) in [5.74, 6) is 0.742. The van der Waals surface area contributed by atoms with Crippen molar-refractivity contribution in [3.8, 4) is 10.6 Å². The summed E-state index contributed by atoms with van der Waals surface area (Å²) < 4.78 is 2.75. The van der Waals surface area contributed by atoms with E-state index in [0.717, 1.165) is 44.4 Å². The molecule has 27 heavy (non-hydrogen) atoms. The van der Waals surface area contributed by atoms with Crippen molar-refractivity contribution in [1.82, 2.24) is 19.8 Å².